The van der Waals surface area contributed by atoms with E-state index < -0.39 is 10.0 Å². The summed E-state index contributed by atoms with van der Waals surface area (Å²) in [5.41, 5.74) is 1.54. The Morgan fingerprint density at radius 1 is 1.53 bits per heavy atom. The Morgan fingerprint density at radius 2 is 2.26 bits per heavy atom. The van der Waals surface area contributed by atoms with E-state index in [1.807, 2.05) is 6.92 Å². The summed E-state index contributed by atoms with van der Waals surface area (Å²) in [6.45, 7) is 5.67. The number of aromatic nitrogens is 2. The molecule has 1 aromatic rings. The van der Waals surface area contributed by atoms with E-state index in [1.54, 1.807) is 11.4 Å². The van der Waals surface area contributed by atoms with Crippen LogP contribution in [-0.2, 0) is 16.6 Å². The van der Waals surface area contributed by atoms with Gasteiger partial charge in [-0.3, -0.25) is 5.10 Å². The highest BCUT2D eigenvalue weighted by molar-refractivity contribution is 7.89. The number of H-pyrrole nitrogens is 1. The molecule has 6 nitrogen and oxygen atoms in total. The number of aromatic amines is 1. The molecule has 1 aliphatic rings. The van der Waals surface area contributed by atoms with E-state index in [9.17, 15) is 8.42 Å². The fraction of sp³-hybridized carbons (Fsp3) is 0.750. The van der Waals surface area contributed by atoms with Gasteiger partial charge in [-0.05, 0) is 26.3 Å². The minimum atomic E-state index is -3.46. The summed E-state index contributed by atoms with van der Waals surface area (Å²) in [7, 11) is -1.67. The maximum absolute atomic E-state index is 12.6. The van der Waals surface area contributed by atoms with Gasteiger partial charge < -0.3 is 5.32 Å². The lowest BCUT2D eigenvalue weighted by Crippen LogP contribution is -2.30. The fourth-order valence-electron chi connectivity index (χ4n) is 2.50. The highest BCUT2D eigenvalue weighted by atomic mass is 32.2. The number of nitrogens with one attached hydrogen (secondary N) is 2. The molecule has 7 heteroatoms. The van der Waals surface area contributed by atoms with E-state index in [1.165, 1.54) is 0 Å². The Labute approximate surface area is 114 Å². The van der Waals surface area contributed by atoms with Crippen LogP contribution in [-0.4, -0.2) is 43.1 Å². The fourth-order valence-corrected chi connectivity index (χ4v) is 4.19. The van der Waals surface area contributed by atoms with Crippen LogP contribution in [0.25, 0.3) is 0 Å². The van der Waals surface area contributed by atoms with Gasteiger partial charge in [-0.15, -0.1) is 0 Å². The predicted molar refractivity (Wildman–Crippen MR) is 73.2 cm³/mol. The van der Waals surface area contributed by atoms with Crippen molar-refractivity contribution >= 4 is 10.0 Å². The highest BCUT2D eigenvalue weighted by Crippen LogP contribution is 2.27. The first-order valence-corrected chi connectivity index (χ1v) is 8.13. The molecule has 0 aliphatic carbocycles. The predicted octanol–water partition coefficient (Wildman–Crippen LogP) is 0.858. The van der Waals surface area contributed by atoms with Crippen molar-refractivity contribution in [2.24, 2.45) is 5.92 Å². The number of rotatable bonds is 5. The van der Waals surface area contributed by atoms with Gasteiger partial charge in [0.25, 0.3) is 10.0 Å². The highest BCUT2D eigenvalue weighted by Gasteiger charge is 2.35. The Hall–Kier alpha value is -0.920. The van der Waals surface area contributed by atoms with Crippen molar-refractivity contribution in [1.82, 2.24) is 19.8 Å². The molecule has 2 rings (SSSR count). The summed E-state index contributed by atoms with van der Waals surface area (Å²) >= 11 is 0. The first-order valence-electron chi connectivity index (χ1n) is 6.69. The summed E-state index contributed by atoms with van der Waals surface area (Å²) in [5.74, 6) is 0.475. The van der Waals surface area contributed by atoms with Crippen LogP contribution in [0.3, 0.4) is 0 Å². The Kier molecular flexibility index (Phi) is 4.27. The average molecular weight is 286 g/mol. The number of sulfonamides is 1. The standard InChI is InChI=1S/C12H22N4O2S/c1-4-10-5-6-16(8-10)19(17,18)12-11(7-13-3)9(2)14-15-12/h10,13H,4-8H2,1-3H3,(H,14,15). The topological polar surface area (TPSA) is 78.1 Å². The van der Waals surface area contributed by atoms with Crippen molar-refractivity contribution in [2.45, 2.75) is 38.3 Å². The molecular weight excluding hydrogens is 264 g/mol. The number of aryl methyl sites for hydroxylation is 1. The summed E-state index contributed by atoms with van der Waals surface area (Å²) in [4.78, 5) is 0. The normalized spacial score (nSPS) is 21.1. The van der Waals surface area contributed by atoms with Gasteiger partial charge in [-0.2, -0.15) is 9.40 Å². The van der Waals surface area contributed by atoms with Crippen molar-refractivity contribution in [1.29, 1.82) is 0 Å². The Balaban J connectivity index is 2.30. The minimum Gasteiger partial charge on any atom is -0.316 e. The molecule has 19 heavy (non-hydrogen) atoms. The molecule has 0 aromatic carbocycles. The molecule has 1 aliphatic heterocycles. The van der Waals surface area contributed by atoms with Gasteiger partial charge in [0.15, 0.2) is 5.03 Å². The zero-order valence-corrected chi connectivity index (χ0v) is 12.5. The van der Waals surface area contributed by atoms with Crippen LogP contribution < -0.4 is 5.32 Å². The van der Waals surface area contributed by atoms with Gasteiger partial charge in [0.2, 0.25) is 0 Å². The smallest absolute Gasteiger partial charge is 0.262 e. The van der Waals surface area contributed by atoms with Crippen molar-refractivity contribution in [3.63, 3.8) is 0 Å². The molecule has 1 atom stereocenters. The van der Waals surface area contributed by atoms with Crippen LogP contribution in [0.1, 0.15) is 31.0 Å². The molecule has 1 fully saturated rings. The molecular formula is C12H22N4O2S. The van der Waals surface area contributed by atoms with E-state index in [0.717, 1.165) is 24.1 Å². The van der Waals surface area contributed by atoms with Crippen molar-refractivity contribution < 1.29 is 8.42 Å². The van der Waals surface area contributed by atoms with Crippen molar-refractivity contribution in [3.05, 3.63) is 11.3 Å². The van der Waals surface area contributed by atoms with Crippen molar-refractivity contribution in [3.8, 4) is 0 Å². The summed E-state index contributed by atoms with van der Waals surface area (Å²) < 4.78 is 26.8. The third-order valence-corrected chi connectivity index (χ3v) is 5.64. The van der Waals surface area contributed by atoms with Crippen molar-refractivity contribution in [2.75, 3.05) is 20.1 Å². The number of hydrogen-bond donors (Lipinski definition) is 2. The molecule has 1 aromatic heterocycles. The largest absolute Gasteiger partial charge is 0.316 e. The van der Waals surface area contributed by atoms with E-state index in [0.29, 0.717) is 25.6 Å². The molecule has 0 bridgehead atoms. The molecule has 108 valence electrons. The SMILES string of the molecule is CCC1CCN(S(=O)(=O)c2n[nH]c(C)c2CNC)C1. The van der Waals surface area contributed by atoms with Crippen LogP contribution >= 0.6 is 0 Å². The molecule has 0 spiro atoms. The second-order valence-corrected chi connectivity index (χ2v) is 6.94. The second kappa shape index (κ2) is 5.60. The molecule has 1 unspecified atom stereocenters. The van der Waals surface area contributed by atoms with Gasteiger partial charge in [0.05, 0.1) is 0 Å². The van der Waals surface area contributed by atoms with E-state index in [-0.39, 0.29) is 5.03 Å². The molecule has 0 amide bonds. The molecule has 2 heterocycles. The van der Waals surface area contributed by atoms with Crippen LogP contribution in [0.4, 0.5) is 0 Å². The molecule has 0 saturated carbocycles. The van der Waals surface area contributed by atoms with Crippen LogP contribution in [0.2, 0.25) is 0 Å². The molecule has 2 N–H and O–H groups in total. The van der Waals surface area contributed by atoms with Gasteiger partial charge in [0, 0.05) is 30.9 Å². The zero-order chi connectivity index (χ0) is 14.0. The van der Waals surface area contributed by atoms with Crippen LogP contribution in [0, 0.1) is 12.8 Å². The maximum atomic E-state index is 12.6. The lowest BCUT2D eigenvalue weighted by atomic mass is 10.1. The summed E-state index contributed by atoms with van der Waals surface area (Å²) in [5, 5.41) is 9.96. The first-order chi connectivity index (χ1) is 9.00. The maximum Gasteiger partial charge on any atom is 0.262 e. The third kappa shape index (κ3) is 2.68. The number of hydrogen-bond acceptors (Lipinski definition) is 4. The molecule has 0 radical (unpaired) electrons. The minimum absolute atomic E-state index is 0.177. The number of nitrogens with zero attached hydrogens (tertiary/aromatic N) is 2. The summed E-state index contributed by atoms with van der Waals surface area (Å²) in [6, 6.07) is 0. The average Bonchev–Trinajstić information content (AvgIpc) is 2.98. The second-order valence-electron chi connectivity index (χ2n) is 5.09. The van der Waals surface area contributed by atoms with E-state index >= 15 is 0 Å². The molecule has 1 saturated heterocycles. The lowest BCUT2D eigenvalue weighted by molar-refractivity contribution is 0.449. The monoisotopic (exact) mass is 286 g/mol. The lowest BCUT2D eigenvalue weighted by Gasteiger charge is -2.15. The zero-order valence-electron chi connectivity index (χ0n) is 11.7. The van der Waals surface area contributed by atoms with E-state index in [4.69, 9.17) is 0 Å². The van der Waals surface area contributed by atoms with Crippen LogP contribution in [0.15, 0.2) is 5.03 Å². The first kappa shape index (κ1) is 14.5. The van der Waals surface area contributed by atoms with Crippen LogP contribution in [0.5, 0.6) is 0 Å². The van der Waals surface area contributed by atoms with Gasteiger partial charge in [-0.1, -0.05) is 13.3 Å². The quantitative estimate of drug-likeness (QED) is 0.841. The van der Waals surface area contributed by atoms with Gasteiger partial charge >= 0.3 is 0 Å². The third-order valence-electron chi connectivity index (χ3n) is 3.80. The van der Waals surface area contributed by atoms with Gasteiger partial charge in [-0.25, -0.2) is 8.42 Å². The van der Waals surface area contributed by atoms with E-state index in [2.05, 4.69) is 22.4 Å². The Bertz CT molecular complexity index is 538. The Morgan fingerprint density at radius 3 is 2.84 bits per heavy atom. The summed E-state index contributed by atoms with van der Waals surface area (Å²) in [6.07, 6.45) is 1.97. The van der Waals surface area contributed by atoms with Gasteiger partial charge in [0.1, 0.15) is 0 Å².